The van der Waals surface area contributed by atoms with Crippen molar-refractivity contribution in [3.05, 3.63) is 48.0 Å². The summed E-state index contributed by atoms with van der Waals surface area (Å²) in [5.41, 5.74) is 0.851. The maximum atomic E-state index is 13.4. The van der Waals surface area contributed by atoms with Gasteiger partial charge in [0.1, 0.15) is 0 Å². The number of hydrogen-bond acceptors (Lipinski definition) is 3. The molecule has 0 radical (unpaired) electrons. The molecule has 0 spiro atoms. The predicted molar refractivity (Wildman–Crippen MR) is 106 cm³/mol. The van der Waals surface area contributed by atoms with Crippen molar-refractivity contribution in [3.63, 3.8) is 0 Å². The number of rotatable bonds is 6. The maximum Gasteiger partial charge on any atom is 0.234 e. The monoisotopic (exact) mass is 380 g/mol. The number of amides is 3. The largest absolute Gasteiger partial charge is 0.343 e. The van der Waals surface area contributed by atoms with Crippen LogP contribution in [-0.4, -0.2) is 40.6 Å². The van der Waals surface area contributed by atoms with E-state index in [0.29, 0.717) is 13.1 Å². The minimum atomic E-state index is -0.528. The first-order valence-corrected chi connectivity index (χ1v) is 10.4. The lowest BCUT2D eigenvalue weighted by molar-refractivity contribution is -0.144. The molecule has 2 fully saturated rings. The van der Waals surface area contributed by atoms with Crippen LogP contribution in [-0.2, 0) is 14.4 Å². The third-order valence-electron chi connectivity index (χ3n) is 6.77. The first-order valence-electron chi connectivity index (χ1n) is 10.4. The van der Waals surface area contributed by atoms with Crippen LogP contribution in [0.15, 0.2) is 42.5 Å². The Balaban J connectivity index is 1.68. The molecule has 1 aromatic carbocycles. The Labute approximate surface area is 166 Å². The van der Waals surface area contributed by atoms with Gasteiger partial charge in [0.2, 0.25) is 17.7 Å². The van der Waals surface area contributed by atoms with Crippen molar-refractivity contribution in [2.45, 2.75) is 39.2 Å². The minimum Gasteiger partial charge on any atom is -0.343 e. The normalized spacial score (nSPS) is 29.1. The van der Waals surface area contributed by atoms with Crippen molar-refractivity contribution in [1.82, 2.24) is 9.80 Å². The molecule has 5 nitrogen and oxygen atoms in total. The molecule has 3 aliphatic carbocycles. The molecular weight excluding hydrogens is 352 g/mol. The molecule has 28 heavy (non-hydrogen) atoms. The SMILES string of the molecule is CCN(CC)C(=O)C[C@@H](c1ccccc1)N1C(=O)[C@@H]2[C@H](C1=O)[C@H]1C=C[C@H]2CC1. The highest BCUT2D eigenvalue weighted by Crippen LogP contribution is 2.51. The summed E-state index contributed by atoms with van der Waals surface area (Å²) in [6.45, 7) is 5.14. The molecular formula is C23H28N2O3. The zero-order chi connectivity index (χ0) is 19.8. The van der Waals surface area contributed by atoms with E-state index < -0.39 is 6.04 Å². The van der Waals surface area contributed by atoms with Crippen LogP contribution in [0.4, 0.5) is 0 Å². The Hall–Kier alpha value is -2.43. The average molecular weight is 380 g/mol. The standard InChI is InChI=1S/C23H28N2O3/c1-3-24(4-2)19(26)14-18(15-8-6-5-7-9-15)25-22(27)20-16-10-11-17(13-12-16)21(20)23(25)28/h5-11,16-18,20-21H,3-4,12-14H2,1-2H3/t16-,17-,18-,20-,21+/m0/s1. The number of hydrogen-bond donors (Lipinski definition) is 0. The Kier molecular flexibility index (Phi) is 5.09. The molecule has 1 saturated heterocycles. The lowest BCUT2D eigenvalue weighted by atomic mass is 9.63. The zero-order valence-corrected chi connectivity index (χ0v) is 16.6. The predicted octanol–water partition coefficient (Wildman–Crippen LogP) is 3.18. The van der Waals surface area contributed by atoms with E-state index in [4.69, 9.17) is 0 Å². The average Bonchev–Trinajstić information content (AvgIpc) is 3.01. The van der Waals surface area contributed by atoms with Crippen molar-refractivity contribution in [3.8, 4) is 0 Å². The van der Waals surface area contributed by atoms with Gasteiger partial charge in [-0.2, -0.15) is 0 Å². The number of nitrogens with zero attached hydrogens (tertiary/aromatic N) is 2. The highest BCUT2D eigenvalue weighted by atomic mass is 16.2. The van der Waals surface area contributed by atoms with Crippen molar-refractivity contribution in [1.29, 1.82) is 0 Å². The first kappa shape index (κ1) is 18.9. The fraction of sp³-hybridized carbons (Fsp3) is 0.522. The molecule has 1 saturated carbocycles. The maximum absolute atomic E-state index is 13.4. The van der Waals surface area contributed by atoms with Gasteiger partial charge >= 0.3 is 0 Å². The van der Waals surface area contributed by atoms with Crippen molar-refractivity contribution in [2.75, 3.05) is 13.1 Å². The molecule has 1 aliphatic heterocycles. The summed E-state index contributed by atoms with van der Waals surface area (Å²) >= 11 is 0. The van der Waals surface area contributed by atoms with Gasteiger partial charge in [0.05, 0.1) is 24.3 Å². The second-order valence-electron chi connectivity index (χ2n) is 8.08. The van der Waals surface area contributed by atoms with Gasteiger partial charge in [-0.3, -0.25) is 19.3 Å². The summed E-state index contributed by atoms with van der Waals surface area (Å²) in [7, 11) is 0. The molecule has 148 valence electrons. The van der Waals surface area contributed by atoms with E-state index in [1.54, 1.807) is 4.90 Å². The minimum absolute atomic E-state index is 0.0181. The van der Waals surface area contributed by atoms with E-state index in [1.165, 1.54) is 4.90 Å². The lowest BCUT2D eigenvalue weighted by Gasteiger charge is -2.38. The fourth-order valence-corrected chi connectivity index (χ4v) is 5.31. The van der Waals surface area contributed by atoms with Gasteiger partial charge in [-0.15, -0.1) is 0 Å². The second kappa shape index (κ2) is 7.53. The van der Waals surface area contributed by atoms with Crippen LogP contribution in [0, 0.1) is 23.7 Å². The molecule has 1 aromatic rings. The van der Waals surface area contributed by atoms with Gasteiger partial charge in [0, 0.05) is 13.1 Å². The van der Waals surface area contributed by atoms with Crippen LogP contribution in [0.1, 0.15) is 44.7 Å². The van der Waals surface area contributed by atoms with Crippen LogP contribution >= 0.6 is 0 Å². The van der Waals surface area contributed by atoms with E-state index in [-0.39, 0.29) is 47.8 Å². The first-order chi connectivity index (χ1) is 13.6. The molecule has 2 bridgehead atoms. The van der Waals surface area contributed by atoms with Crippen molar-refractivity contribution in [2.24, 2.45) is 23.7 Å². The van der Waals surface area contributed by atoms with Gasteiger partial charge in [0.25, 0.3) is 0 Å². The molecule has 0 aromatic heterocycles. The summed E-state index contributed by atoms with van der Waals surface area (Å²) in [4.78, 5) is 42.9. The summed E-state index contributed by atoms with van der Waals surface area (Å²) in [6.07, 6.45) is 6.35. The van der Waals surface area contributed by atoms with Gasteiger partial charge in [-0.25, -0.2) is 0 Å². The Morgan fingerprint density at radius 2 is 1.54 bits per heavy atom. The third kappa shape index (κ3) is 2.97. The smallest absolute Gasteiger partial charge is 0.234 e. The highest BCUT2D eigenvalue weighted by molar-refractivity contribution is 6.06. The van der Waals surface area contributed by atoms with Crippen LogP contribution in [0.25, 0.3) is 0 Å². The molecule has 5 heteroatoms. The molecule has 1 heterocycles. The Bertz CT molecular complexity index is 767. The number of allylic oxidation sites excluding steroid dienone is 2. The van der Waals surface area contributed by atoms with E-state index in [0.717, 1.165) is 18.4 Å². The quantitative estimate of drug-likeness (QED) is 0.563. The lowest BCUT2D eigenvalue weighted by Crippen LogP contribution is -2.40. The Morgan fingerprint density at radius 1 is 1.00 bits per heavy atom. The third-order valence-corrected chi connectivity index (χ3v) is 6.77. The molecule has 0 N–H and O–H groups in total. The number of fused-ring (bicyclic) bond motifs is 1. The number of imide groups is 1. The summed E-state index contributed by atoms with van der Waals surface area (Å²) in [6, 6.07) is 9.00. The van der Waals surface area contributed by atoms with E-state index in [2.05, 4.69) is 12.2 Å². The van der Waals surface area contributed by atoms with Gasteiger partial charge in [-0.05, 0) is 44.1 Å². The van der Waals surface area contributed by atoms with Crippen molar-refractivity contribution < 1.29 is 14.4 Å². The topological polar surface area (TPSA) is 57.7 Å². The molecule has 0 unspecified atom stereocenters. The fourth-order valence-electron chi connectivity index (χ4n) is 5.31. The summed E-state index contributed by atoms with van der Waals surface area (Å²) in [5.74, 6) is -0.365. The van der Waals surface area contributed by atoms with Crippen LogP contribution in [0.3, 0.4) is 0 Å². The number of likely N-dealkylation sites (tertiary alicyclic amines) is 1. The number of carbonyl (C=O) groups excluding carboxylic acids is 3. The van der Waals surface area contributed by atoms with Crippen LogP contribution in [0.2, 0.25) is 0 Å². The van der Waals surface area contributed by atoms with Gasteiger partial charge in [-0.1, -0.05) is 42.5 Å². The summed E-state index contributed by atoms with van der Waals surface area (Å²) < 4.78 is 0. The highest BCUT2D eigenvalue weighted by Gasteiger charge is 2.58. The van der Waals surface area contributed by atoms with Gasteiger partial charge < -0.3 is 4.90 Å². The van der Waals surface area contributed by atoms with E-state index in [9.17, 15) is 14.4 Å². The van der Waals surface area contributed by atoms with E-state index in [1.807, 2.05) is 44.2 Å². The van der Waals surface area contributed by atoms with Crippen LogP contribution in [0.5, 0.6) is 0 Å². The van der Waals surface area contributed by atoms with Crippen molar-refractivity contribution >= 4 is 17.7 Å². The molecule has 5 atom stereocenters. The summed E-state index contributed by atoms with van der Waals surface area (Å²) in [5, 5.41) is 0. The number of carbonyl (C=O) groups is 3. The molecule has 3 amide bonds. The molecule has 5 rings (SSSR count). The van der Waals surface area contributed by atoms with Crippen LogP contribution < -0.4 is 0 Å². The molecule has 4 aliphatic rings. The second-order valence-corrected chi connectivity index (χ2v) is 8.08. The van der Waals surface area contributed by atoms with E-state index >= 15 is 0 Å². The zero-order valence-electron chi connectivity index (χ0n) is 16.6. The number of benzene rings is 1. The Morgan fingerprint density at radius 3 is 2.00 bits per heavy atom. The van der Waals surface area contributed by atoms with Gasteiger partial charge in [0.15, 0.2) is 0 Å².